The zero-order valence-corrected chi connectivity index (χ0v) is 21.3. The van der Waals surface area contributed by atoms with Crippen LogP contribution in [0.4, 0.5) is 24.5 Å². The standard InChI is InChI=1S/C24H24ClF3N4O2S2/c25-16-4-1-14(2-5-16)22(23-30-9-10-35-23)15-3-8-20(29)21(11-15)31-17-12-18-6-7-19(13-17)32(18)36(33,34)24(26,27)28/h1-5,8-11,17-19,22,31H,6-7,12-13,29H2. The van der Waals surface area contributed by atoms with E-state index in [9.17, 15) is 21.6 Å². The quantitative estimate of drug-likeness (QED) is 0.374. The number of nitrogens with two attached hydrogens (primary N) is 1. The van der Waals surface area contributed by atoms with Crippen LogP contribution in [0.25, 0.3) is 0 Å². The van der Waals surface area contributed by atoms with Crippen LogP contribution in [0.3, 0.4) is 0 Å². The smallest absolute Gasteiger partial charge is 0.397 e. The molecule has 2 fully saturated rings. The summed E-state index contributed by atoms with van der Waals surface area (Å²) in [5.74, 6) is -0.154. The molecule has 3 N–H and O–H groups in total. The Morgan fingerprint density at radius 2 is 1.72 bits per heavy atom. The molecular formula is C24H24ClF3N4O2S2. The van der Waals surface area contributed by atoms with Crippen LogP contribution in [-0.2, 0) is 10.0 Å². The van der Waals surface area contributed by atoms with Gasteiger partial charge in [0.2, 0.25) is 0 Å². The summed E-state index contributed by atoms with van der Waals surface area (Å²) in [6, 6.07) is 11.7. The Morgan fingerprint density at radius 1 is 1.08 bits per heavy atom. The molecule has 2 aliphatic rings. The summed E-state index contributed by atoms with van der Waals surface area (Å²) in [7, 11) is -5.35. The second kappa shape index (κ2) is 9.51. The number of nitrogens with zero attached hydrogens (tertiary/aromatic N) is 2. The average molecular weight is 557 g/mol. The third-order valence-corrected chi connectivity index (χ3v) is 9.74. The molecule has 3 unspecified atom stereocenters. The molecule has 12 heteroatoms. The van der Waals surface area contributed by atoms with Crippen LogP contribution in [0.15, 0.2) is 54.0 Å². The van der Waals surface area contributed by atoms with Crippen LogP contribution < -0.4 is 11.1 Å². The molecular weight excluding hydrogens is 533 g/mol. The van der Waals surface area contributed by atoms with Crippen LogP contribution in [-0.4, -0.2) is 41.3 Å². The molecule has 2 saturated heterocycles. The van der Waals surface area contributed by atoms with Gasteiger partial charge < -0.3 is 11.1 Å². The molecule has 192 valence electrons. The topological polar surface area (TPSA) is 88.3 Å². The number of halogens is 4. The van der Waals surface area contributed by atoms with Gasteiger partial charge in [0.05, 0.1) is 17.3 Å². The summed E-state index contributed by atoms with van der Waals surface area (Å²) >= 11 is 7.62. The summed E-state index contributed by atoms with van der Waals surface area (Å²) < 4.78 is 64.6. The Labute approximate surface area is 216 Å². The highest BCUT2D eigenvalue weighted by molar-refractivity contribution is 7.90. The molecule has 3 heterocycles. The van der Waals surface area contributed by atoms with Crippen LogP contribution >= 0.6 is 22.9 Å². The summed E-state index contributed by atoms with van der Waals surface area (Å²) in [6.45, 7) is 0. The van der Waals surface area contributed by atoms with Crippen molar-refractivity contribution >= 4 is 44.3 Å². The highest BCUT2D eigenvalue weighted by Gasteiger charge is 2.57. The van der Waals surface area contributed by atoms with Gasteiger partial charge in [0, 0.05) is 34.7 Å². The highest BCUT2D eigenvalue weighted by Crippen LogP contribution is 2.43. The van der Waals surface area contributed by atoms with Gasteiger partial charge in [-0.2, -0.15) is 17.5 Å². The molecule has 2 aliphatic heterocycles. The number of rotatable bonds is 6. The van der Waals surface area contributed by atoms with Crippen molar-refractivity contribution in [2.24, 2.45) is 0 Å². The van der Waals surface area contributed by atoms with Crippen molar-refractivity contribution in [3.8, 4) is 0 Å². The lowest BCUT2D eigenvalue weighted by molar-refractivity contribution is -0.0513. The largest absolute Gasteiger partial charge is 0.511 e. The molecule has 0 radical (unpaired) electrons. The fraction of sp³-hybridized carbons (Fsp3) is 0.375. The summed E-state index contributed by atoms with van der Waals surface area (Å²) in [5, 5.41) is 6.84. The monoisotopic (exact) mass is 556 g/mol. The lowest BCUT2D eigenvalue weighted by Crippen LogP contribution is -2.53. The number of hydrogen-bond acceptors (Lipinski definition) is 6. The molecule has 0 aliphatic carbocycles. The van der Waals surface area contributed by atoms with Gasteiger partial charge in [-0.15, -0.1) is 11.3 Å². The number of anilines is 2. The fourth-order valence-electron chi connectivity index (χ4n) is 5.37. The van der Waals surface area contributed by atoms with Gasteiger partial charge in [-0.05, 0) is 61.1 Å². The first-order valence-electron chi connectivity index (χ1n) is 11.4. The van der Waals surface area contributed by atoms with Gasteiger partial charge in [0.25, 0.3) is 0 Å². The van der Waals surface area contributed by atoms with Crippen LogP contribution in [0.5, 0.6) is 0 Å². The summed E-state index contributed by atoms with van der Waals surface area (Å²) in [6.07, 6.45) is 3.13. The number of hydrogen-bond donors (Lipinski definition) is 2. The Bertz CT molecular complexity index is 1320. The van der Waals surface area contributed by atoms with Crippen molar-refractivity contribution in [1.29, 1.82) is 0 Å². The zero-order valence-electron chi connectivity index (χ0n) is 19.0. The van der Waals surface area contributed by atoms with E-state index in [0.717, 1.165) is 16.1 Å². The number of thiazole rings is 1. The molecule has 0 amide bonds. The van der Waals surface area contributed by atoms with Crippen molar-refractivity contribution in [2.45, 2.75) is 55.2 Å². The van der Waals surface area contributed by atoms with E-state index < -0.39 is 27.6 Å². The molecule has 1 aromatic heterocycles. The summed E-state index contributed by atoms with van der Waals surface area (Å²) in [5.41, 5.74) is 4.11. The minimum absolute atomic E-state index is 0.154. The van der Waals surface area contributed by atoms with Crippen molar-refractivity contribution in [2.75, 3.05) is 11.1 Å². The van der Waals surface area contributed by atoms with Gasteiger partial charge in [-0.3, -0.25) is 0 Å². The number of alkyl halides is 3. The molecule has 36 heavy (non-hydrogen) atoms. The number of nitrogen functional groups attached to an aromatic ring is 1. The highest BCUT2D eigenvalue weighted by atomic mass is 35.5. The average Bonchev–Trinajstić information content (AvgIpc) is 3.43. The third kappa shape index (κ3) is 4.69. The molecule has 0 spiro atoms. The summed E-state index contributed by atoms with van der Waals surface area (Å²) in [4.78, 5) is 4.52. The van der Waals surface area contributed by atoms with Crippen molar-refractivity contribution < 1.29 is 21.6 Å². The third-order valence-electron chi connectivity index (χ3n) is 6.91. The Balaban J connectivity index is 1.41. The molecule has 5 rings (SSSR count). The normalized spacial score (nSPS) is 23.5. The predicted molar refractivity (Wildman–Crippen MR) is 136 cm³/mol. The zero-order chi connectivity index (χ0) is 25.7. The first-order valence-corrected chi connectivity index (χ1v) is 14.1. The number of piperidine rings is 1. The number of nitrogens with one attached hydrogen (secondary N) is 1. The van der Waals surface area contributed by atoms with Gasteiger partial charge in [0.15, 0.2) is 0 Å². The van der Waals surface area contributed by atoms with Gasteiger partial charge in [-0.25, -0.2) is 13.4 Å². The predicted octanol–water partition coefficient (Wildman–Crippen LogP) is 5.82. The first kappa shape index (κ1) is 25.3. The lowest BCUT2D eigenvalue weighted by Gasteiger charge is -2.38. The number of sulfonamides is 1. The Kier molecular flexibility index (Phi) is 6.69. The maximum absolute atomic E-state index is 13.2. The molecule has 6 nitrogen and oxygen atoms in total. The van der Waals surface area contributed by atoms with E-state index in [-0.39, 0.29) is 24.8 Å². The van der Waals surface area contributed by atoms with Gasteiger partial charge >= 0.3 is 15.5 Å². The Hall–Kier alpha value is -2.34. The van der Waals surface area contributed by atoms with Crippen molar-refractivity contribution in [3.05, 3.63) is 75.2 Å². The number of fused-ring (bicyclic) bond motifs is 2. The fourth-order valence-corrected chi connectivity index (χ4v) is 7.70. The van der Waals surface area contributed by atoms with Gasteiger partial charge in [0.1, 0.15) is 5.01 Å². The molecule has 2 aromatic carbocycles. The van der Waals surface area contributed by atoms with E-state index in [4.69, 9.17) is 17.3 Å². The van der Waals surface area contributed by atoms with E-state index in [1.54, 1.807) is 12.3 Å². The van der Waals surface area contributed by atoms with Crippen LogP contribution in [0, 0.1) is 0 Å². The molecule has 3 aromatic rings. The number of aromatic nitrogens is 1. The van der Waals surface area contributed by atoms with Crippen LogP contribution in [0.2, 0.25) is 5.02 Å². The van der Waals surface area contributed by atoms with E-state index in [1.807, 2.05) is 41.8 Å². The van der Waals surface area contributed by atoms with E-state index in [1.165, 1.54) is 11.3 Å². The van der Waals surface area contributed by atoms with E-state index >= 15 is 0 Å². The SMILES string of the molecule is Nc1ccc(C(c2ccc(Cl)cc2)c2nccs2)cc1NC1CC2CCC(C1)N2S(=O)(=O)C(F)(F)F. The van der Waals surface area contributed by atoms with Gasteiger partial charge in [-0.1, -0.05) is 29.8 Å². The van der Waals surface area contributed by atoms with E-state index in [0.29, 0.717) is 33.5 Å². The maximum Gasteiger partial charge on any atom is 0.511 e. The second-order valence-corrected chi connectivity index (χ2v) is 12.4. The molecule has 2 bridgehead atoms. The lowest BCUT2D eigenvalue weighted by atomic mass is 9.91. The van der Waals surface area contributed by atoms with Crippen molar-refractivity contribution in [1.82, 2.24) is 9.29 Å². The Morgan fingerprint density at radius 3 is 2.31 bits per heavy atom. The van der Waals surface area contributed by atoms with Crippen molar-refractivity contribution in [3.63, 3.8) is 0 Å². The molecule has 3 atom stereocenters. The maximum atomic E-state index is 13.2. The van der Waals surface area contributed by atoms with E-state index in [2.05, 4.69) is 10.3 Å². The molecule has 0 saturated carbocycles. The number of benzene rings is 2. The second-order valence-electron chi connectivity index (χ2n) is 9.18. The first-order chi connectivity index (χ1) is 17.0. The minimum Gasteiger partial charge on any atom is -0.397 e. The van der Waals surface area contributed by atoms with Crippen LogP contribution in [0.1, 0.15) is 47.7 Å². The minimum atomic E-state index is -5.35.